The third kappa shape index (κ3) is 6.47. The van der Waals surface area contributed by atoms with Crippen molar-refractivity contribution >= 4 is 76.6 Å². The molecule has 6 heterocycles. The van der Waals surface area contributed by atoms with Gasteiger partial charge in [-0.25, -0.2) is 14.2 Å². The van der Waals surface area contributed by atoms with Crippen molar-refractivity contribution in [1.29, 1.82) is 0 Å². The molecule has 4 amide bonds. The Kier molecular flexibility index (Phi) is 9.80. The van der Waals surface area contributed by atoms with Gasteiger partial charge in [-0.05, 0) is 37.6 Å². The highest BCUT2D eigenvalue weighted by molar-refractivity contribution is 8.01. The van der Waals surface area contributed by atoms with Crippen molar-refractivity contribution in [3.63, 3.8) is 0 Å². The Balaban J connectivity index is 1.09. The molecule has 51 heavy (non-hydrogen) atoms. The van der Waals surface area contributed by atoms with Crippen LogP contribution < -0.4 is 10.6 Å². The maximum Gasteiger partial charge on any atom is 0.352 e. The number of amides is 4. The first-order valence-corrected chi connectivity index (χ1v) is 19.2. The number of benzene rings is 1. The Hall–Kier alpha value is -4.45. The number of carbonyl (C=O) groups excluding carboxylic acids is 4. The van der Waals surface area contributed by atoms with Gasteiger partial charge in [-0.2, -0.15) is 0 Å². The van der Waals surface area contributed by atoms with Gasteiger partial charge >= 0.3 is 5.97 Å². The summed E-state index contributed by atoms with van der Waals surface area (Å²) in [6, 6.07) is 6.23. The second-order valence-corrected chi connectivity index (χ2v) is 15.6. The summed E-state index contributed by atoms with van der Waals surface area (Å²) in [5, 5.41) is 48.4. The van der Waals surface area contributed by atoms with Crippen LogP contribution in [0.3, 0.4) is 0 Å². The number of nitrogens with one attached hydrogen (secondary N) is 2. The van der Waals surface area contributed by atoms with Crippen LogP contribution in [-0.4, -0.2) is 136 Å². The molecule has 0 bridgehead atoms. The molecule has 4 N–H and O–H groups in total. The predicted octanol–water partition coefficient (Wildman–Crippen LogP) is -1.26. The number of aromatic nitrogens is 8. The van der Waals surface area contributed by atoms with E-state index in [1.54, 1.807) is 44.4 Å². The average Bonchev–Trinajstić information content (AvgIpc) is 3.75. The van der Waals surface area contributed by atoms with E-state index in [-0.39, 0.29) is 28.7 Å². The standard InChI is InChI=1S/C28H28N12O7S4/c1-37-27(31-33-35-37)50-10-13-8-48-24-16(30-21(43)19(41)12-6-4-3-5-7-12)22(44)39(24)17(13)20(42)29-15-23(45)40-18(26(46)47)14(9-49-25(15)40)11-51-28-32-34-36-38(28)2/h3-7,15-16,19,24-25,41H,8-11H2,1-2H3,(H,29,42)(H,30,43)(H,46,47)/t15-,16-,19-,24-,25-/m1/s1. The van der Waals surface area contributed by atoms with Crippen LogP contribution in [0.15, 0.2) is 63.2 Å². The van der Waals surface area contributed by atoms with Gasteiger partial charge in [-0.1, -0.05) is 53.9 Å². The SMILES string of the molecule is Cn1nnnc1SCC1=C(C(=O)O)N2C(=O)[C@@H](NC(=O)C3=C(CSc4nnnn4C)CS[C@@H]4[C@H](NC(=O)[C@H](O)c5ccccc5)C(=O)N34)[C@H]2SC1. The van der Waals surface area contributed by atoms with Crippen LogP contribution in [0, 0.1) is 0 Å². The highest BCUT2D eigenvalue weighted by Crippen LogP contribution is 2.44. The largest absolute Gasteiger partial charge is 0.477 e. The third-order valence-corrected chi connectivity index (χ3v) is 13.2. The van der Waals surface area contributed by atoms with Crippen molar-refractivity contribution < 1.29 is 34.2 Å². The molecule has 2 fully saturated rings. The number of aliphatic hydroxyl groups excluding tert-OH is 1. The number of thioether (sulfide) groups is 4. The topological polar surface area (TPSA) is 244 Å². The van der Waals surface area contributed by atoms with E-state index in [1.165, 1.54) is 66.2 Å². The van der Waals surface area contributed by atoms with Crippen molar-refractivity contribution in [2.45, 2.75) is 39.2 Å². The first-order chi connectivity index (χ1) is 24.5. The minimum absolute atomic E-state index is 0.0379. The summed E-state index contributed by atoms with van der Waals surface area (Å²) in [6.45, 7) is 0. The number of carbonyl (C=O) groups is 5. The maximum atomic E-state index is 14.1. The number of rotatable bonds is 12. The summed E-state index contributed by atoms with van der Waals surface area (Å²) in [7, 11) is 3.32. The van der Waals surface area contributed by atoms with Gasteiger partial charge in [0.25, 0.3) is 23.6 Å². The van der Waals surface area contributed by atoms with Gasteiger partial charge in [0.15, 0.2) is 6.10 Å². The normalized spacial score (nSPS) is 23.3. The van der Waals surface area contributed by atoms with E-state index < -0.39 is 58.5 Å². The van der Waals surface area contributed by atoms with Gasteiger partial charge in [-0.3, -0.25) is 29.0 Å². The first-order valence-electron chi connectivity index (χ1n) is 15.2. The molecule has 0 spiro atoms. The summed E-state index contributed by atoms with van der Waals surface area (Å²) in [5.74, 6) is -2.80. The van der Waals surface area contributed by atoms with E-state index in [2.05, 4.69) is 41.7 Å². The quantitative estimate of drug-likeness (QED) is 0.124. The number of fused-ring (bicyclic) bond motifs is 2. The van der Waals surface area contributed by atoms with Gasteiger partial charge in [0.1, 0.15) is 34.2 Å². The van der Waals surface area contributed by atoms with Crippen LogP contribution in [0.4, 0.5) is 0 Å². The molecule has 0 aliphatic carbocycles. The van der Waals surface area contributed by atoms with Gasteiger partial charge < -0.3 is 20.8 Å². The molecule has 0 saturated carbocycles. The summed E-state index contributed by atoms with van der Waals surface area (Å²) < 4.78 is 2.92. The Morgan fingerprint density at radius 2 is 1.35 bits per heavy atom. The Morgan fingerprint density at radius 1 is 0.843 bits per heavy atom. The van der Waals surface area contributed by atoms with Crippen molar-refractivity contribution in [2.24, 2.45) is 14.1 Å². The maximum absolute atomic E-state index is 14.1. The lowest BCUT2D eigenvalue weighted by Gasteiger charge is -2.52. The molecule has 2 aromatic heterocycles. The molecular formula is C28H28N12O7S4. The summed E-state index contributed by atoms with van der Waals surface area (Å²) >= 11 is 5.15. The highest BCUT2D eigenvalue weighted by atomic mass is 32.2. The fraction of sp³-hybridized carbons (Fsp3) is 0.393. The van der Waals surface area contributed by atoms with E-state index in [9.17, 15) is 34.2 Å². The zero-order valence-electron chi connectivity index (χ0n) is 26.6. The summed E-state index contributed by atoms with van der Waals surface area (Å²) in [4.78, 5) is 69.0. The zero-order chi connectivity index (χ0) is 36.0. The minimum atomic E-state index is -1.50. The second-order valence-electron chi connectivity index (χ2n) is 11.5. The molecule has 5 atom stereocenters. The third-order valence-electron chi connectivity index (χ3n) is 8.37. The number of hydrogen-bond acceptors (Lipinski definition) is 16. The monoisotopic (exact) mass is 772 g/mol. The average molecular weight is 773 g/mol. The van der Waals surface area contributed by atoms with E-state index in [4.69, 9.17) is 0 Å². The fourth-order valence-electron chi connectivity index (χ4n) is 5.82. The number of aliphatic hydroxyl groups is 1. The van der Waals surface area contributed by atoms with E-state index in [0.29, 0.717) is 32.8 Å². The molecule has 7 rings (SSSR count). The zero-order valence-corrected chi connectivity index (χ0v) is 29.9. The molecule has 3 aromatic rings. The number of aliphatic carboxylic acids is 1. The van der Waals surface area contributed by atoms with Crippen molar-refractivity contribution in [3.05, 3.63) is 58.4 Å². The van der Waals surface area contributed by atoms with Crippen LogP contribution >= 0.6 is 47.0 Å². The molecule has 1 aromatic carbocycles. The number of tetrazole rings is 2. The molecule has 0 unspecified atom stereocenters. The number of carboxylic acid groups (broad SMARTS) is 1. The molecular weight excluding hydrogens is 745 g/mol. The van der Waals surface area contributed by atoms with Crippen LogP contribution in [0.5, 0.6) is 0 Å². The van der Waals surface area contributed by atoms with E-state index >= 15 is 0 Å². The van der Waals surface area contributed by atoms with Gasteiger partial charge in [-0.15, -0.1) is 33.7 Å². The van der Waals surface area contributed by atoms with Crippen molar-refractivity contribution in [1.82, 2.24) is 60.8 Å². The first kappa shape index (κ1) is 35.0. The lowest BCUT2D eigenvalue weighted by molar-refractivity contribution is -0.152. The van der Waals surface area contributed by atoms with Crippen molar-refractivity contribution in [3.8, 4) is 0 Å². The smallest absolute Gasteiger partial charge is 0.352 e. The number of nitrogens with zero attached hydrogens (tertiary/aromatic N) is 10. The lowest BCUT2D eigenvalue weighted by atomic mass is 10.00. The Labute approximate surface area is 305 Å². The molecule has 19 nitrogen and oxygen atoms in total. The van der Waals surface area contributed by atoms with Crippen LogP contribution in [-0.2, 0) is 38.1 Å². The number of aryl methyl sites for hydroxylation is 2. The van der Waals surface area contributed by atoms with Crippen LogP contribution in [0.25, 0.3) is 0 Å². The van der Waals surface area contributed by atoms with E-state index in [1.807, 2.05) is 0 Å². The van der Waals surface area contributed by atoms with Gasteiger partial charge in [0.2, 0.25) is 10.3 Å². The number of hydrogen-bond donors (Lipinski definition) is 4. The van der Waals surface area contributed by atoms with Gasteiger partial charge in [0, 0.05) is 37.1 Å². The molecule has 2 saturated heterocycles. The predicted molar refractivity (Wildman–Crippen MR) is 182 cm³/mol. The van der Waals surface area contributed by atoms with E-state index in [0.717, 1.165) is 0 Å². The lowest BCUT2D eigenvalue weighted by Crippen LogP contribution is -2.73. The molecule has 4 aliphatic rings. The molecule has 266 valence electrons. The molecule has 4 aliphatic heterocycles. The van der Waals surface area contributed by atoms with Crippen LogP contribution in [0.1, 0.15) is 11.7 Å². The van der Waals surface area contributed by atoms with Crippen molar-refractivity contribution in [2.75, 3.05) is 23.0 Å². The second kappa shape index (κ2) is 14.3. The Morgan fingerprint density at radius 3 is 1.86 bits per heavy atom. The highest BCUT2D eigenvalue weighted by Gasteiger charge is 2.57. The Bertz CT molecular complexity index is 1990. The minimum Gasteiger partial charge on any atom is -0.477 e. The fourth-order valence-corrected chi connectivity index (χ4v) is 10.5. The molecule has 23 heteroatoms. The van der Waals surface area contributed by atoms with Crippen LogP contribution in [0.2, 0.25) is 0 Å². The summed E-state index contributed by atoms with van der Waals surface area (Å²) in [6.07, 6.45) is -1.50. The summed E-state index contributed by atoms with van der Waals surface area (Å²) in [5.41, 5.74) is 1.35. The number of β-lactam (4-membered cyclic amide) rings is 2. The van der Waals surface area contributed by atoms with Gasteiger partial charge in [0.05, 0.1) is 0 Å². The molecule has 0 radical (unpaired) electrons. The number of carboxylic acids is 1.